The lowest BCUT2D eigenvalue weighted by Crippen LogP contribution is -2.27. The second-order valence-electron chi connectivity index (χ2n) is 8.15. The van der Waals surface area contributed by atoms with Gasteiger partial charge in [-0.3, -0.25) is 4.79 Å². The molecule has 2 aromatic heterocycles. The maximum atomic E-state index is 12.4. The molecule has 5 rings (SSSR count). The van der Waals surface area contributed by atoms with Gasteiger partial charge in [-0.2, -0.15) is 9.61 Å². The number of methoxy groups -OCH3 is 1. The summed E-state index contributed by atoms with van der Waals surface area (Å²) in [5.74, 6) is 1.000. The van der Waals surface area contributed by atoms with E-state index in [4.69, 9.17) is 9.84 Å². The highest BCUT2D eigenvalue weighted by Crippen LogP contribution is 2.25. The standard InChI is InChI=1S/C28H25N5O2S/c1-35-24-13-7-20(8-14-24)17-18-29-27(34)19-36-28-31-30-26-16-15-25(32-33(26)28)23-11-9-22(10-12-23)21-5-3-2-4-6-21/h2-16H,17-19H2,1H3,(H,29,34). The summed E-state index contributed by atoms with van der Waals surface area (Å²) >= 11 is 1.32. The van der Waals surface area contributed by atoms with Crippen molar-refractivity contribution >= 4 is 23.3 Å². The third-order valence-electron chi connectivity index (χ3n) is 5.75. The maximum Gasteiger partial charge on any atom is 0.230 e. The molecular formula is C28H25N5O2S. The molecular weight excluding hydrogens is 470 g/mol. The van der Waals surface area contributed by atoms with Crippen LogP contribution in [-0.4, -0.2) is 45.1 Å². The average molecular weight is 496 g/mol. The molecule has 0 radical (unpaired) electrons. The molecule has 0 atom stereocenters. The number of nitrogens with one attached hydrogen (secondary N) is 1. The van der Waals surface area contributed by atoms with Crippen molar-refractivity contribution in [2.75, 3.05) is 19.4 Å². The van der Waals surface area contributed by atoms with E-state index in [-0.39, 0.29) is 11.7 Å². The number of amides is 1. The van der Waals surface area contributed by atoms with Gasteiger partial charge in [0.1, 0.15) is 5.75 Å². The van der Waals surface area contributed by atoms with Gasteiger partial charge in [0.25, 0.3) is 0 Å². The summed E-state index contributed by atoms with van der Waals surface area (Å²) in [4.78, 5) is 12.4. The summed E-state index contributed by atoms with van der Waals surface area (Å²) in [5, 5.41) is 16.7. The lowest BCUT2D eigenvalue weighted by molar-refractivity contribution is -0.118. The molecule has 180 valence electrons. The van der Waals surface area contributed by atoms with Crippen molar-refractivity contribution in [1.29, 1.82) is 0 Å². The topological polar surface area (TPSA) is 81.4 Å². The minimum absolute atomic E-state index is 0.0575. The smallest absolute Gasteiger partial charge is 0.230 e. The molecule has 0 saturated carbocycles. The molecule has 0 fully saturated rings. The van der Waals surface area contributed by atoms with Gasteiger partial charge >= 0.3 is 0 Å². The van der Waals surface area contributed by atoms with Crippen LogP contribution in [0.15, 0.2) is 96.2 Å². The van der Waals surface area contributed by atoms with Gasteiger partial charge in [-0.25, -0.2) is 0 Å². The Balaban J connectivity index is 1.20. The monoisotopic (exact) mass is 495 g/mol. The zero-order chi connectivity index (χ0) is 24.7. The van der Waals surface area contributed by atoms with Crippen molar-refractivity contribution in [2.24, 2.45) is 0 Å². The Morgan fingerprint density at radius 1 is 0.861 bits per heavy atom. The van der Waals surface area contributed by atoms with Gasteiger partial charge in [-0.15, -0.1) is 10.2 Å². The Labute approximate surface area is 213 Å². The number of aromatic nitrogens is 4. The van der Waals surface area contributed by atoms with E-state index in [9.17, 15) is 4.79 Å². The zero-order valence-electron chi connectivity index (χ0n) is 19.8. The number of carbonyl (C=O) groups is 1. The lowest BCUT2D eigenvalue weighted by Gasteiger charge is -2.07. The molecule has 5 aromatic rings. The van der Waals surface area contributed by atoms with Crippen molar-refractivity contribution in [3.05, 3.63) is 96.6 Å². The Morgan fingerprint density at radius 2 is 1.58 bits per heavy atom. The van der Waals surface area contributed by atoms with Crippen LogP contribution >= 0.6 is 11.8 Å². The molecule has 7 nitrogen and oxygen atoms in total. The Kier molecular flexibility index (Phi) is 7.23. The number of rotatable bonds is 9. The van der Waals surface area contributed by atoms with Crippen molar-refractivity contribution in [1.82, 2.24) is 25.1 Å². The number of ether oxygens (including phenoxy) is 1. The summed E-state index contributed by atoms with van der Waals surface area (Å²) < 4.78 is 6.86. The average Bonchev–Trinajstić information content (AvgIpc) is 3.35. The van der Waals surface area contributed by atoms with Crippen LogP contribution in [0.4, 0.5) is 0 Å². The molecule has 0 unspecified atom stereocenters. The number of hydrogen-bond donors (Lipinski definition) is 1. The van der Waals surface area contributed by atoms with E-state index < -0.39 is 0 Å². The largest absolute Gasteiger partial charge is 0.497 e. The van der Waals surface area contributed by atoms with Crippen LogP contribution in [0, 0.1) is 0 Å². The molecule has 2 heterocycles. The van der Waals surface area contributed by atoms with Crippen LogP contribution in [0.3, 0.4) is 0 Å². The second kappa shape index (κ2) is 11.0. The lowest BCUT2D eigenvalue weighted by atomic mass is 10.0. The Hall–Kier alpha value is -4.17. The summed E-state index contributed by atoms with van der Waals surface area (Å²) in [5.41, 5.74) is 5.92. The van der Waals surface area contributed by atoms with Gasteiger partial charge in [0.15, 0.2) is 5.65 Å². The molecule has 0 aliphatic carbocycles. The van der Waals surface area contributed by atoms with E-state index in [2.05, 4.69) is 51.9 Å². The second-order valence-corrected chi connectivity index (χ2v) is 9.09. The summed E-state index contributed by atoms with van der Waals surface area (Å²) in [6, 6.07) is 30.2. The highest BCUT2D eigenvalue weighted by molar-refractivity contribution is 7.99. The van der Waals surface area contributed by atoms with Gasteiger partial charge in [0, 0.05) is 12.1 Å². The Morgan fingerprint density at radius 3 is 2.33 bits per heavy atom. The number of thioether (sulfide) groups is 1. The predicted molar refractivity (Wildman–Crippen MR) is 142 cm³/mol. The van der Waals surface area contributed by atoms with Crippen LogP contribution in [0.25, 0.3) is 28.0 Å². The molecule has 0 spiro atoms. The summed E-state index contributed by atoms with van der Waals surface area (Å²) in [6.45, 7) is 0.563. The van der Waals surface area contributed by atoms with Crippen LogP contribution < -0.4 is 10.1 Å². The highest BCUT2D eigenvalue weighted by atomic mass is 32.2. The van der Waals surface area contributed by atoms with Crippen LogP contribution in [0.5, 0.6) is 5.75 Å². The van der Waals surface area contributed by atoms with Crippen molar-refractivity contribution in [3.63, 3.8) is 0 Å². The minimum atomic E-state index is -0.0575. The number of nitrogens with zero attached hydrogens (tertiary/aromatic N) is 4. The van der Waals surface area contributed by atoms with E-state index in [1.54, 1.807) is 11.6 Å². The van der Waals surface area contributed by atoms with Crippen LogP contribution in [0.2, 0.25) is 0 Å². The zero-order valence-corrected chi connectivity index (χ0v) is 20.6. The first-order valence-corrected chi connectivity index (χ1v) is 12.6. The number of hydrogen-bond acceptors (Lipinski definition) is 6. The molecule has 0 aliphatic rings. The van der Waals surface area contributed by atoms with Crippen LogP contribution in [0.1, 0.15) is 5.56 Å². The van der Waals surface area contributed by atoms with E-state index in [1.807, 2.05) is 54.6 Å². The minimum Gasteiger partial charge on any atom is -0.497 e. The van der Waals surface area contributed by atoms with E-state index in [0.29, 0.717) is 17.3 Å². The molecule has 36 heavy (non-hydrogen) atoms. The van der Waals surface area contributed by atoms with E-state index in [1.165, 1.54) is 17.3 Å². The Bertz CT molecular complexity index is 1450. The fraction of sp³-hybridized carbons (Fsp3) is 0.143. The van der Waals surface area contributed by atoms with Crippen molar-refractivity contribution in [3.8, 4) is 28.1 Å². The maximum absolute atomic E-state index is 12.4. The molecule has 0 saturated heterocycles. The predicted octanol–water partition coefficient (Wildman–Crippen LogP) is 4.92. The van der Waals surface area contributed by atoms with Crippen molar-refractivity contribution in [2.45, 2.75) is 11.6 Å². The van der Waals surface area contributed by atoms with Gasteiger partial charge in [0.2, 0.25) is 11.1 Å². The third-order valence-corrected chi connectivity index (χ3v) is 6.67. The number of carbonyl (C=O) groups excluding carboxylic acids is 1. The molecule has 0 aliphatic heterocycles. The van der Waals surface area contributed by atoms with E-state index >= 15 is 0 Å². The molecule has 1 N–H and O–H groups in total. The normalized spacial score (nSPS) is 10.9. The fourth-order valence-electron chi connectivity index (χ4n) is 3.80. The van der Waals surface area contributed by atoms with Gasteiger partial charge in [-0.1, -0.05) is 78.5 Å². The number of fused-ring (bicyclic) bond motifs is 1. The number of benzene rings is 3. The molecule has 3 aromatic carbocycles. The molecule has 0 bridgehead atoms. The summed E-state index contributed by atoms with van der Waals surface area (Å²) in [6.07, 6.45) is 0.752. The fourth-order valence-corrected chi connectivity index (χ4v) is 4.51. The quantitative estimate of drug-likeness (QED) is 0.293. The van der Waals surface area contributed by atoms with Gasteiger partial charge < -0.3 is 10.1 Å². The molecule has 8 heteroatoms. The molecule has 1 amide bonds. The first-order chi connectivity index (χ1) is 17.7. The van der Waals surface area contributed by atoms with Crippen molar-refractivity contribution < 1.29 is 9.53 Å². The van der Waals surface area contributed by atoms with Gasteiger partial charge in [-0.05, 0) is 47.4 Å². The first kappa shape index (κ1) is 23.6. The highest BCUT2D eigenvalue weighted by Gasteiger charge is 2.12. The summed E-state index contributed by atoms with van der Waals surface area (Å²) in [7, 11) is 1.64. The third kappa shape index (κ3) is 5.55. The van der Waals surface area contributed by atoms with Gasteiger partial charge in [0.05, 0.1) is 18.6 Å². The van der Waals surface area contributed by atoms with Crippen LogP contribution in [-0.2, 0) is 11.2 Å². The first-order valence-electron chi connectivity index (χ1n) is 11.6. The van der Waals surface area contributed by atoms with E-state index in [0.717, 1.165) is 34.6 Å². The SMILES string of the molecule is COc1ccc(CCNC(=O)CSc2nnc3ccc(-c4ccc(-c5ccccc5)cc4)nn23)cc1.